The molecule has 1 saturated heterocycles. The summed E-state index contributed by atoms with van der Waals surface area (Å²) in [6.07, 6.45) is -3.59. The molecule has 0 aromatic carbocycles. The minimum absolute atomic E-state index is 0.0606. The number of hydrogen-bond donors (Lipinski definition) is 1. The number of nitrogens with zero attached hydrogens (tertiary/aromatic N) is 1. The van der Waals surface area contributed by atoms with Gasteiger partial charge in [0, 0.05) is 19.0 Å². The number of nitrogens with one attached hydrogen (secondary N) is 1. The SMILES string of the molecule is CC(CC(F)(F)F)N1CCC(=O)NC(C2CC2)C1=O. The van der Waals surface area contributed by atoms with Crippen LogP contribution in [0.1, 0.15) is 32.6 Å². The van der Waals surface area contributed by atoms with Crippen LogP contribution in [0, 0.1) is 5.92 Å². The fraction of sp³-hybridized carbons (Fsp3) is 0.833. The van der Waals surface area contributed by atoms with Crippen LogP contribution in [-0.2, 0) is 9.59 Å². The lowest BCUT2D eigenvalue weighted by atomic mass is 10.1. The van der Waals surface area contributed by atoms with Gasteiger partial charge in [0.1, 0.15) is 6.04 Å². The second-order valence-corrected chi connectivity index (χ2v) is 5.33. The first-order valence-corrected chi connectivity index (χ1v) is 6.44. The van der Waals surface area contributed by atoms with Crippen molar-refractivity contribution < 1.29 is 22.8 Å². The van der Waals surface area contributed by atoms with Gasteiger partial charge >= 0.3 is 6.18 Å². The zero-order valence-electron chi connectivity index (χ0n) is 10.7. The first-order chi connectivity index (χ1) is 8.78. The Morgan fingerprint density at radius 3 is 2.53 bits per heavy atom. The Bertz CT molecular complexity index is 380. The smallest absolute Gasteiger partial charge is 0.344 e. The van der Waals surface area contributed by atoms with Crippen LogP contribution in [0.25, 0.3) is 0 Å². The highest BCUT2D eigenvalue weighted by Gasteiger charge is 2.43. The number of hydrogen-bond acceptors (Lipinski definition) is 2. The Balaban J connectivity index is 2.09. The molecule has 2 fully saturated rings. The summed E-state index contributed by atoms with van der Waals surface area (Å²) in [6, 6.07) is -1.56. The summed E-state index contributed by atoms with van der Waals surface area (Å²) in [5.74, 6) is -0.535. The highest BCUT2D eigenvalue weighted by atomic mass is 19.4. The van der Waals surface area contributed by atoms with Gasteiger partial charge in [-0.2, -0.15) is 13.2 Å². The molecule has 19 heavy (non-hydrogen) atoms. The number of alkyl halides is 3. The Hall–Kier alpha value is -1.27. The number of rotatable bonds is 3. The normalized spacial score (nSPS) is 26.9. The van der Waals surface area contributed by atoms with Crippen molar-refractivity contribution in [2.75, 3.05) is 6.54 Å². The van der Waals surface area contributed by atoms with E-state index in [-0.39, 0.29) is 30.7 Å². The van der Waals surface area contributed by atoms with Crippen molar-refractivity contribution in [2.45, 2.75) is 50.9 Å². The van der Waals surface area contributed by atoms with Crippen molar-refractivity contribution in [2.24, 2.45) is 5.92 Å². The Labute approximate surface area is 109 Å². The molecule has 2 rings (SSSR count). The van der Waals surface area contributed by atoms with E-state index in [9.17, 15) is 22.8 Å². The highest BCUT2D eigenvalue weighted by Crippen LogP contribution is 2.35. The molecule has 0 radical (unpaired) electrons. The van der Waals surface area contributed by atoms with Crippen molar-refractivity contribution in [3.8, 4) is 0 Å². The molecule has 0 bridgehead atoms. The molecule has 0 aromatic rings. The molecule has 2 unspecified atom stereocenters. The van der Waals surface area contributed by atoms with Gasteiger partial charge in [-0.1, -0.05) is 0 Å². The standard InChI is InChI=1S/C12H17F3N2O2/c1-7(6-12(13,14)15)17-5-4-9(18)16-10(11(17)19)8-2-3-8/h7-8,10H,2-6H2,1H3,(H,16,18). The molecule has 7 heteroatoms. The maximum absolute atomic E-state index is 12.4. The zero-order valence-corrected chi connectivity index (χ0v) is 10.7. The van der Waals surface area contributed by atoms with E-state index >= 15 is 0 Å². The summed E-state index contributed by atoms with van der Waals surface area (Å²) in [7, 11) is 0. The first kappa shape index (κ1) is 14.1. The van der Waals surface area contributed by atoms with Crippen LogP contribution in [0.5, 0.6) is 0 Å². The van der Waals surface area contributed by atoms with E-state index in [0.717, 1.165) is 12.8 Å². The average Bonchev–Trinajstić information content (AvgIpc) is 3.05. The summed E-state index contributed by atoms with van der Waals surface area (Å²) in [6.45, 7) is 1.44. The third-order valence-electron chi connectivity index (χ3n) is 3.60. The molecule has 1 aliphatic heterocycles. The van der Waals surface area contributed by atoms with Crippen LogP contribution in [0.3, 0.4) is 0 Å². The lowest BCUT2D eigenvalue weighted by Crippen LogP contribution is -2.49. The summed E-state index contributed by atoms with van der Waals surface area (Å²) in [5.41, 5.74) is 0. The van der Waals surface area contributed by atoms with E-state index in [1.807, 2.05) is 0 Å². The molecule has 0 spiro atoms. The van der Waals surface area contributed by atoms with E-state index in [0.29, 0.717) is 0 Å². The number of halogens is 3. The summed E-state index contributed by atoms with van der Waals surface area (Å²) >= 11 is 0. The molecule has 1 aliphatic carbocycles. The Kier molecular flexibility index (Phi) is 3.73. The average molecular weight is 278 g/mol. The molecular weight excluding hydrogens is 261 g/mol. The van der Waals surface area contributed by atoms with Gasteiger partial charge < -0.3 is 10.2 Å². The van der Waals surface area contributed by atoms with E-state index in [1.165, 1.54) is 11.8 Å². The second kappa shape index (κ2) is 5.02. The van der Waals surface area contributed by atoms with Gasteiger partial charge in [0.05, 0.1) is 6.42 Å². The van der Waals surface area contributed by atoms with Crippen LogP contribution in [0.4, 0.5) is 13.2 Å². The third-order valence-corrected chi connectivity index (χ3v) is 3.60. The predicted molar refractivity (Wildman–Crippen MR) is 61.1 cm³/mol. The molecule has 1 saturated carbocycles. The van der Waals surface area contributed by atoms with Crippen LogP contribution < -0.4 is 5.32 Å². The Morgan fingerprint density at radius 1 is 1.37 bits per heavy atom. The van der Waals surface area contributed by atoms with Crippen molar-refractivity contribution in [3.63, 3.8) is 0 Å². The topological polar surface area (TPSA) is 49.4 Å². The lowest BCUT2D eigenvalue weighted by molar-refractivity contribution is -0.154. The van der Waals surface area contributed by atoms with E-state index in [2.05, 4.69) is 5.32 Å². The van der Waals surface area contributed by atoms with E-state index in [1.54, 1.807) is 0 Å². The van der Waals surface area contributed by atoms with Gasteiger partial charge in [-0.25, -0.2) is 0 Å². The fourth-order valence-electron chi connectivity index (χ4n) is 2.45. The fourth-order valence-corrected chi connectivity index (χ4v) is 2.45. The quantitative estimate of drug-likeness (QED) is 0.849. The molecular formula is C12H17F3N2O2. The maximum Gasteiger partial charge on any atom is 0.391 e. The number of amides is 2. The molecule has 2 atom stereocenters. The van der Waals surface area contributed by atoms with E-state index < -0.39 is 24.7 Å². The van der Waals surface area contributed by atoms with E-state index in [4.69, 9.17) is 0 Å². The summed E-state index contributed by atoms with van der Waals surface area (Å²) in [4.78, 5) is 25.0. The first-order valence-electron chi connectivity index (χ1n) is 6.44. The van der Waals surface area contributed by atoms with Gasteiger partial charge in [0.2, 0.25) is 11.8 Å². The van der Waals surface area contributed by atoms with Crippen molar-refractivity contribution >= 4 is 11.8 Å². The van der Waals surface area contributed by atoms with Crippen molar-refractivity contribution in [3.05, 3.63) is 0 Å². The van der Waals surface area contributed by atoms with Gasteiger partial charge in [-0.3, -0.25) is 9.59 Å². The minimum Gasteiger partial charge on any atom is -0.344 e. The molecule has 1 N–H and O–H groups in total. The highest BCUT2D eigenvalue weighted by molar-refractivity contribution is 5.90. The molecule has 0 aromatic heterocycles. The van der Waals surface area contributed by atoms with Crippen LogP contribution in [0.15, 0.2) is 0 Å². The third kappa shape index (κ3) is 3.61. The zero-order chi connectivity index (χ0) is 14.2. The predicted octanol–water partition coefficient (Wildman–Crippen LogP) is 1.45. The minimum atomic E-state index is -4.31. The summed E-state index contributed by atoms with van der Waals surface area (Å²) < 4.78 is 37.2. The molecule has 4 nitrogen and oxygen atoms in total. The van der Waals surface area contributed by atoms with Crippen LogP contribution in [-0.4, -0.2) is 41.5 Å². The molecule has 2 aliphatic rings. The van der Waals surface area contributed by atoms with Crippen molar-refractivity contribution in [1.29, 1.82) is 0 Å². The number of carbonyl (C=O) groups is 2. The molecule has 1 heterocycles. The Morgan fingerprint density at radius 2 is 2.00 bits per heavy atom. The van der Waals surface area contributed by atoms with Gasteiger partial charge in [-0.15, -0.1) is 0 Å². The lowest BCUT2D eigenvalue weighted by Gasteiger charge is -2.30. The van der Waals surface area contributed by atoms with Crippen molar-refractivity contribution in [1.82, 2.24) is 10.2 Å². The summed E-state index contributed by atoms with van der Waals surface area (Å²) in [5, 5.41) is 2.63. The van der Waals surface area contributed by atoms with Gasteiger partial charge in [-0.05, 0) is 25.7 Å². The largest absolute Gasteiger partial charge is 0.391 e. The van der Waals surface area contributed by atoms with Gasteiger partial charge in [0.25, 0.3) is 0 Å². The molecule has 108 valence electrons. The molecule has 2 amide bonds. The monoisotopic (exact) mass is 278 g/mol. The van der Waals surface area contributed by atoms with Crippen LogP contribution in [0.2, 0.25) is 0 Å². The number of carbonyl (C=O) groups excluding carboxylic acids is 2. The maximum atomic E-state index is 12.4. The van der Waals surface area contributed by atoms with Gasteiger partial charge in [0.15, 0.2) is 0 Å². The van der Waals surface area contributed by atoms with Crippen LogP contribution >= 0.6 is 0 Å². The second-order valence-electron chi connectivity index (χ2n) is 5.33.